The van der Waals surface area contributed by atoms with Crippen LogP contribution in [0.15, 0.2) is 53.4 Å². The zero-order chi connectivity index (χ0) is 24.7. The molecule has 3 rings (SSSR count). The van der Waals surface area contributed by atoms with Crippen LogP contribution in [0, 0.1) is 6.92 Å². The van der Waals surface area contributed by atoms with Crippen molar-refractivity contribution in [2.45, 2.75) is 25.7 Å². The van der Waals surface area contributed by atoms with Crippen LogP contribution in [-0.2, 0) is 19.6 Å². The minimum atomic E-state index is -3.69. The summed E-state index contributed by atoms with van der Waals surface area (Å²) in [6.45, 7) is 7.55. The first-order valence-corrected chi connectivity index (χ1v) is 12.7. The smallest absolute Gasteiger partial charge is 0.409 e. The SMILES string of the molecule is CCOC(=O)N1CCN(C(=O)COc2ccc(N(CC)S(=O)(=O)c3ccc(C)cc3)cc2)CC1. The lowest BCUT2D eigenvalue weighted by molar-refractivity contribution is -0.134. The molecule has 2 amide bonds. The van der Waals surface area contributed by atoms with E-state index in [2.05, 4.69) is 0 Å². The van der Waals surface area contributed by atoms with E-state index in [0.29, 0.717) is 44.2 Å². The van der Waals surface area contributed by atoms with E-state index in [1.54, 1.807) is 72.2 Å². The second-order valence-corrected chi connectivity index (χ2v) is 9.69. The van der Waals surface area contributed by atoms with Crippen molar-refractivity contribution in [3.05, 3.63) is 54.1 Å². The normalized spacial score (nSPS) is 14.0. The molecule has 1 aliphatic heterocycles. The first-order chi connectivity index (χ1) is 16.3. The zero-order valence-electron chi connectivity index (χ0n) is 19.8. The monoisotopic (exact) mass is 489 g/mol. The standard InChI is InChI=1S/C24H31N3O6S/c1-4-27(34(30,31)22-12-6-19(3)7-13-22)20-8-10-21(11-9-20)33-18-23(28)25-14-16-26(17-15-25)24(29)32-5-2/h6-13H,4-5,14-18H2,1-3H3. The average molecular weight is 490 g/mol. The van der Waals surface area contributed by atoms with E-state index in [1.807, 2.05) is 6.92 Å². The molecule has 0 aromatic heterocycles. The molecule has 10 heteroatoms. The molecule has 184 valence electrons. The quantitative estimate of drug-likeness (QED) is 0.566. The number of piperazine rings is 1. The molecular weight excluding hydrogens is 458 g/mol. The third-order valence-electron chi connectivity index (χ3n) is 5.54. The van der Waals surface area contributed by atoms with Crippen LogP contribution in [0.2, 0.25) is 0 Å². The van der Waals surface area contributed by atoms with Gasteiger partial charge in [0.25, 0.3) is 15.9 Å². The van der Waals surface area contributed by atoms with E-state index < -0.39 is 10.0 Å². The summed E-state index contributed by atoms with van der Waals surface area (Å²) in [6, 6.07) is 13.4. The van der Waals surface area contributed by atoms with Gasteiger partial charge in [-0.25, -0.2) is 13.2 Å². The van der Waals surface area contributed by atoms with Crippen LogP contribution in [0.1, 0.15) is 19.4 Å². The molecule has 0 unspecified atom stereocenters. The van der Waals surface area contributed by atoms with Crippen LogP contribution in [0.5, 0.6) is 5.75 Å². The second-order valence-electron chi connectivity index (χ2n) is 7.83. The Morgan fingerprint density at radius 2 is 1.50 bits per heavy atom. The third-order valence-corrected chi connectivity index (χ3v) is 7.46. The Morgan fingerprint density at radius 1 is 0.912 bits per heavy atom. The number of amides is 2. The maximum atomic E-state index is 13.1. The zero-order valence-corrected chi connectivity index (χ0v) is 20.6. The molecule has 0 radical (unpaired) electrons. The van der Waals surface area contributed by atoms with Gasteiger partial charge in [-0.05, 0) is 57.2 Å². The van der Waals surface area contributed by atoms with Crippen LogP contribution in [0.4, 0.5) is 10.5 Å². The number of hydrogen-bond acceptors (Lipinski definition) is 6. The molecule has 0 bridgehead atoms. The number of sulfonamides is 1. The summed E-state index contributed by atoms with van der Waals surface area (Å²) in [5.41, 5.74) is 1.50. The van der Waals surface area contributed by atoms with Crippen molar-refractivity contribution in [2.75, 3.05) is 50.2 Å². The highest BCUT2D eigenvalue weighted by atomic mass is 32.2. The van der Waals surface area contributed by atoms with Gasteiger partial charge < -0.3 is 19.3 Å². The van der Waals surface area contributed by atoms with Gasteiger partial charge in [-0.1, -0.05) is 17.7 Å². The fourth-order valence-corrected chi connectivity index (χ4v) is 5.10. The largest absolute Gasteiger partial charge is 0.484 e. The average Bonchev–Trinajstić information content (AvgIpc) is 2.84. The molecule has 2 aromatic carbocycles. The van der Waals surface area contributed by atoms with Crippen molar-refractivity contribution >= 4 is 27.7 Å². The van der Waals surface area contributed by atoms with Gasteiger partial charge in [0.15, 0.2) is 6.61 Å². The summed E-state index contributed by atoms with van der Waals surface area (Å²) in [4.78, 5) is 27.7. The summed E-state index contributed by atoms with van der Waals surface area (Å²) < 4.78 is 38.1. The predicted molar refractivity (Wildman–Crippen MR) is 128 cm³/mol. The van der Waals surface area contributed by atoms with Gasteiger partial charge in [0, 0.05) is 32.7 Å². The number of benzene rings is 2. The Morgan fingerprint density at radius 3 is 2.06 bits per heavy atom. The molecule has 0 saturated carbocycles. The Kier molecular flexibility index (Phi) is 8.38. The van der Waals surface area contributed by atoms with Crippen LogP contribution >= 0.6 is 0 Å². The first kappa shape index (κ1) is 25.4. The molecule has 1 heterocycles. The van der Waals surface area contributed by atoms with Crippen molar-refractivity contribution < 1.29 is 27.5 Å². The Bertz CT molecular complexity index is 1080. The maximum absolute atomic E-state index is 13.1. The topological polar surface area (TPSA) is 96.5 Å². The number of carbonyl (C=O) groups excluding carboxylic acids is 2. The van der Waals surface area contributed by atoms with Gasteiger partial charge in [0.1, 0.15) is 5.75 Å². The minimum absolute atomic E-state index is 0.141. The van der Waals surface area contributed by atoms with E-state index in [1.165, 1.54) is 4.31 Å². The summed E-state index contributed by atoms with van der Waals surface area (Å²) in [6.07, 6.45) is -0.364. The number of nitrogens with zero attached hydrogens (tertiary/aromatic N) is 3. The van der Waals surface area contributed by atoms with E-state index >= 15 is 0 Å². The highest BCUT2D eigenvalue weighted by molar-refractivity contribution is 7.92. The lowest BCUT2D eigenvalue weighted by Gasteiger charge is -2.33. The highest BCUT2D eigenvalue weighted by Gasteiger charge is 2.26. The van der Waals surface area contributed by atoms with Gasteiger partial charge in [-0.15, -0.1) is 0 Å². The Balaban J connectivity index is 1.56. The molecule has 0 aliphatic carbocycles. The molecule has 1 aliphatic rings. The fraction of sp³-hybridized carbons (Fsp3) is 0.417. The summed E-state index contributed by atoms with van der Waals surface area (Å²) in [5, 5.41) is 0. The Labute approximate surface area is 200 Å². The molecule has 0 spiro atoms. The van der Waals surface area contributed by atoms with Crippen molar-refractivity contribution in [2.24, 2.45) is 0 Å². The van der Waals surface area contributed by atoms with Crippen molar-refractivity contribution in [3.63, 3.8) is 0 Å². The molecule has 34 heavy (non-hydrogen) atoms. The lowest BCUT2D eigenvalue weighted by Crippen LogP contribution is -2.51. The van der Waals surface area contributed by atoms with Crippen molar-refractivity contribution in [1.29, 1.82) is 0 Å². The van der Waals surface area contributed by atoms with Crippen molar-refractivity contribution in [3.8, 4) is 5.75 Å². The molecule has 2 aromatic rings. The molecule has 1 saturated heterocycles. The lowest BCUT2D eigenvalue weighted by atomic mass is 10.2. The molecule has 0 atom stereocenters. The van der Waals surface area contributed by atoms with Gasteiger partial charge in [-0.2, -0.15) is 0 Å². The van der Waals surface area contributed by atoms with Crippen LogP contribution in [-0.4, -0.2) is 76.2 Å². The number of ether oxygens (including phenoxy) is 2. The minimum Gasteiger partial charge on any atom is -0.484 e. The number of aryl methyl sites for hydroxylation is 1. The van der Waals surface area contributed by atoms with Gasteiger partial charge in [-0.3, -0.25) is 9.10 Å². The van der Waals surface area contributed by atoms with E-state index in [4.69, 9.17) is 9.47 Å². The van der Waals surface area contributed by atoms with Gasteiger partial charge >= 0.3 is 6.09 Å². The number of carbonyl (C=O) groups is 2. The number of hydrogen-bond donors (Lipinski definition) is 0. The van der Waals surface area contributed by atoms with Crippen LogP contribution < -0.4 is 9.04 Å². The van der Waals surface area contributed by atoms with Gasteiger partial charge in [0.2, 0.25) is 0 Å². The summed E-state index contributed by atoms with van der Waals surface area (Å²) in [5.74, 6) is 0.288. The van der Waals surface area contributed by atoms with E-state index in [9.17, 15) is 18.0 Å². The van der Waals surface area contributed by atoms with Crippen molar-refractivity contribution in [1.82, 2.24) is 9.80 Å². The molecule has 9 nitrogen and oxygen atoms in total. The van der Waals surface area contributed by atoms with E-state index in [-0.39, 0.29) is 30.0 Å². The van der Waals surface area contributed by atoms with Crippen LogP contribution in [0.3, 0.4) is 0 Å². The summed E-state index contributed by atoms with van der Waals surface area (Å²) >= 11 is 0. The first-order valence-electron chi connectivity index (χ1n) is 11.3. The molecule has 0 N–H and O–H groups in total. The predicted octanol–water partition coefficient (Wildman–Crippen LogP) is 2.89. The van der Waals surface area contributed by atoms with E-state index in [0.717, 1.165) is 5.56 Å². The highest BCUT2D eigenvalue weighted by Crippen LogP contribution is 2.26. The van der Waals surface area contributed by atoms with Gasteiger partial charge in [0.05, 0.1) is 17.2 Å². The number of rotatable bonds is 8. The molecule has 1 fully saturated rings. The third kappa shape index (κ3) is 5.99. The number of anilines is 1. The molecular formula is C24H31N3O6S. The second kappa shape index (κ2) is 11.2. The van der Waals surface area contributed by atoms with Crippen LogP contribution in [0.25, 0.3) is 0 Å². The Hall–Kier alpha value is -3.27. The maximum Gasteiger partial charge on any atom is 0.409 e. The fourth-order valence-electron chi connectivity index (χ4n) is 3.63. The summed E-state index contributed by atoms with van der Waals surface area (Å²) in [7, 11) is -3.69.